The van der Waals surface area contributed by atoms with Gasteiger partial charge in [-0.3, -0.25) is 4.79 Å². The van der Waals surface area contributed by atoms with Crippen LogP contribution < -0.4 is 0 Å². The lowest BCUT2D eigenvalue weighted by Crippen LogP contribution is -2.02. The summed E-state index contributed by atoms with van der Waals surface area (Å²) in [4.78, 5) is 11.8. The Morgan fingerprint density at radius 1 is 0.913 bits per heavy atom. The van der Waals surface area contributed by atoms with Gasteiger partial charge in [-0.2, -0.15) is 0 Å². The van der Waals surface area contributed by atoms with Crippen molar-refractivity contribution in [1.82, 2.24) is 0 Å². The van der Waals surface area contributed by atoms with Gasteiger partial charge < -0.3 is 4.42 Å². The SMILES string of the molecule is CC(=O)c1cc(C(c2ccccc2)c2ccc(C)cc2)oc1C. The molecule has 1 atom stereocenters. The second-order valence-electron chi connectivity index (χ2n) is 5.93. The lowest BCUT2D eigenvalue weighted by atomic mass is 9.88. The maximum atomic E-state index is 11.8. The smallest absolute Gasteiger partial charge is 0.163 e. The van der Waals surface area contributed by atoms with Crippen molar-refractivity contribution in [3.05, 3.63) is 94.4 Å². The zero-order valence-corrected chi connectivity index (χ0v) is 13.7. The molecule has 2 heteroatoms. The molecule has 0 radical (unpaired) electrons. The monoisotopic (exact) mass is 304 g/mol. The molecular formula is C21H20O2. The first kappa shape index (κ1) is 15.3. The molecule has 0 fully saturated rings. The van der Waals surface area contributed by atoms with E-state index in [9.17, 15) is 4.79 Å². The third-order valence-electron chi connectivity index (χ3n) is 4.14. The fourth-order valence-corrected chi connectivity index (χ4v) is 2.92. The van der Waals surface area contributed by atoms with Crippen molar-refractivity contribution in [2.75, 3.05) is 0 Å². The molecule has 0 N–H and O–H groups in total. The Bertz CT molecular complexity index is 811. The van der Waals surface area contributed by atoms with Crippen LogP contribution in [-0.2, 0) is 0 Å². The molecule has 0 bridgehead atoms. The Labute approximate surface area is 136 Å². The van der Waals surface area contributed by atoms with Crippen LogP contribution in [0.5, 0.6) is 0 Å². The van der Waals surface area contributed by atoms with E-state index in [1.54, 1.807) is 6.92 Å². The van der Waals surface area contributed by atoms with E-state index in [1.807, 2.05) is 31.2 Å². The molecule has 0 spiro atoms. The van der Waals surface area contributed by atoms with Gasteiger partial charge in [0.05, 0.1) is 11.5 Å². The summed E-state index contributed by atoms with van der Waals surface area (Å²) in [6, 6.07) is 20.6. The highest BCUT2D eigenvalue weighted by atomic mass is 16.3. The second-order valence-corrected chi connectivity index (χ2v) is 5.93. The molecule has 3 aromatic rings. The van der Waals surface area contributed by atoms with Crippen molar-refractivity contribution in [1.29, 1.82) is 0 Å². The van der Waals surface area contributed by atoms with Crippen LogP contribution in [0.1, 0.15) is 51.4 Å². The normalized spacial score (nSPS) is 12.1. The molecule has 0 amide bonds. The van der Waals surface area contributed by atoms with Crippen LogP contribution in [0.2, 0.25) is 0 Å². The van der Waals surface area contributed by atoms with Crippen LogP contribution in [-0.4, -0.2) is 5.78 Å². The summed E-state index contributed by atoms with van der Waals surface area (Å²) >= 11 is 0. The number of rotatable bonds is 4. The summed E-state index contributed by atoms with van der Waals surface area (Å²) in [5, 5.41) is 0. The Morgan fingerprint density at radius 3 is 2.09 bits per heavy atom. The van der Waals surface area contributed by atoms with E-state index in [0.717, 1.165) is 16.9 Å². The molecule has 0 saturated carbocycles. The van der Waals surface area contributed by atoms with Gasteiger partial charge in [-0.15, -0.1) is 0 Å². The van der Waals surface area contributed by atoms with Gasteiger partial charge in [-0.05, 0) is 38.0 Å². The Hall–Kier alpha value is -2.61. The number of hydrogen-bond acceptors (Lipinski definition) is 2. The van der Waals surface area contributed by atoms with Crippen LogP contribution in [0, 0.1) is 13.8 Å². The van der Waals surface area contributed by atoms with E-state index in [1.165, 1.54) is 5.56 Å². The molecule has 2 aromatic carbocycles. The van der Waals surface area contributed by atoms with E-state index in [0.29, 0.717) is 11.3 Å². The minimum absolute atomic E-state index is 0.0106. The Balaban J connectivity index is 2.14. The molecule has 0 aliphatic heterocycles. The van der Waals surface area contributed by atoms with Crippen LogP contribution in [0.3, 0.4) is 0 Å². The number of carbonyl (C=O) groups excluding carboxylic acids is 1. The summed E-state index contributed by atoms with van der Waals surface area (Å²) in [7, 11) is 0. The molecular weight excluding hydrogens is 284 g/mol. The number of hydrogen-bond donors (Lipinski definition) is 0. The van der Waals surface area contributed by atoms with Gasteiger partial charge in [0.1, 0.15) is 11.5 Å². The molecule has 116 valence electrons. The Morgan fingerprint density at radius 2 is 1.52 bits per heavy atom. The maximum absolute atomic E-state index is 11.8. The molecule has 1 unspecified atom stereocenters. The standard InChI is InChI=1S/C21H20O2/c1-14-9-11-18(12-10-14)21(17-7-5-4-6-8-17)20-13-19(15(2)22)16(3)23-20/h4-13,21H,1-3H3. The van der Waals surface area contributed by atoms with Crippen molar-refractivity contribution in [3.63, 3.8) is 0 Å². The summed E-state index contributed by atoms with van der Waals surface area (Å²) in [6.45, 7) is 5.49. The highest BCUT2D eigenvalue weighted by Gasteiger charge is 2.22. The van der Waals surface area contributed by atoms with Crippen molar-refractivity contribution >= 4 is 5.78 Å². The van der Waals surface area contributed by atoms with Crippen molar-refractivity contribution in [3.8, 4) is 0 Å². The average molecular weight is 304 g/mol. The van der Waals surface area contributed by atoms with Gasteiger partial charge in [0, 0.05) is 0 Å². The molecule has 1 heterocycles. The van der Waals surface area contributed by atoms with Crippen molar-refractivity contribution in [2.45, 2.75) is 26.7 Å². The number of aryl methyl sites for hydroxylation is 2. The highest BCUT2D eigenvalue weighted by Crippen LogP contribution is 2.34. The number of Topliss-reactive ketones (excluding diaryl/α,β-unsaturated/α-hetero) is 1. The fraction of sp³-hybridized carbons (Fsp3) is 0.190. The van der Waals surface area contributed by atoms with Crippen LogP contribution >= 0.6 is 0 Å². The van der Waals surface area contributed by atoms with Gasteiger partial charge in [0.15, 0.2) is 5.78 Å². The average Bonchev–Trinajstić information content (AvgIpc) is 2.92. The first-order valence-electron chi connectivity index (χ1n) is 7.79. The van der Waals surface area contributed by atoms with Gasteiger partial charge in [-0.25, -0.2) is 0 Å². The zero-order valence-electron chi connectivity index (χ0n) is 13.7. The molecule has 3 rings (SSSR count). The summed E-state index contributed by atoms with van der Waals surface area (Å²) in [5.41, 5.74) is 4.19. The van der Waals surface area contributed by atoms with E-state index in [2.05, 4.69) is 43.3 Å². The van der Waals surface area contributed by atoms with Gasteiger partial charge in [-0.1, -0.05) is 60.2 Å². The minimum atomic E-state index is -0.0106. The maximum Gasteiger partial charge on any atom is 0.163 e. The highest BCUT2D eigenvalue weighted by molar-refractivity contribution is 5.95. The van der Waals surface area contributed by atoms with Crippen molar-refractivity contribution < 1.29 is 9.21 Å². The summed E-state index contributed by atoms with van der Waals surface area (Å²) in [6.07, 6.45) is 0. The van der Waals surface area contributed by atoms with E-state index in [-0.39, 0.29) is 11.7 Å². The fourth-order valence-electron chi connectivity index (χ4n) is 2.92. The molecule has 2 nitrogen and oxygen atoms in total. The number of furan rings is 1. The van der Waals surface area contributed by atoms with Gasteiger partial charge in [0.25, 0.3) is 0 Å². The topological polar surface area (TPSA) is 30.2 Å². The van der Waals surface area contributed by atoms with E-state index < -0.39 is 0 Å². The molecule has 1 aromatic heterocycles. The molecule has 0 aliphatic carbocycles. The molecule has 23 heavy (non-hydrogen) atoms. The van der Waals surface area contributed by atoms with Gasteiger partial charge in [0.2, 0.25) is 0 Å². The van der Waals surface area contributed by atoms with Crippen LogP contribution in [0.4, 0.5) is 0 Å². The summed E-state index contributed by atoms with van der Waals surface area (Å²) < 4.78 is 5.96. The van der Waals surface area contributed by atoms with Crippen LogP contribution in [0.25, 0.3) is 0 Å². The number of ketones is 1. The lowest BCUT2D eigenvalue weighted by Gasteiger charge is -2.16. The van der Waals surface area contributed by atoms with E-state index in [4.69, 9.17) is 4.42 Å². The largest absolute Gasteiger partial charge is 0.465 e. The second kappa shape index (κ2) is 6.25. The predicted octanol–water partition coefficient (Wildman–Crippen LogP) is 5.28. The third-order valence-corrected chi connectivity index (χ3v) is 4.14. The Kier molecular flexibility index (Phi) is 4.16. The first-order valence-corrected chi connectivity index (χ1v) is 7.79. The van der Waals surface area contributed by atoms with E-state index >= 15 is 0 Å². The first-order chi connectivity index (χ1) is 11.1. The summed E-state index contributed by atoms with van der Waals surface area (Å²) in [5.74, 6) is 1.51. The van der Waals surface area contributed by atoms with Gasteiger partial charge >= 0.3 is 0 Å². The number of carbonyl (C=O) groups is 1. The van der Waals surface area contributed by atoms with Crippen molar-refractivity contribution in [2.24, 2.45) is 0 Å². The minimum Gasteiger partial charge on any atom is -0.465 e. The number of benzene rings is 2. The predicted molar refractivity (Wildman–Crippen MR) is 92.0 cm³/mol. The quantitative estimate of drug-likeness (QED) is 0.614. The lowest BCUT2D eigenvalue weighted by molar-refractivity contribution is 0.101. The third kappa shape index (κ3) is 3.11. The zero-order chi connectivity index (χ0) is 16.4. The molecule has 0 saturated heterocycles. The molecule has 0 aliphatic rings. The van der Waals surface area contributed by atoms with Crippen LogP contribution in [0.15, 0.2) is 65.1 Å².